The van der Waals surface area contributed by atoms with Gasteiger partial charge in [0.05, 0.1) is 5.41 Å². The summed E-state index contributed by atoms with van der Waals surface area (Å²) in [7, 11) is 0. The fourth-order valence-corrected chi connectivity index (χ4v) is 4.18. The minimum Gasteiger partial charge on any atom is -0.342 e. The summed E-state index contributed by atoms with van der Waals surface area (Å²) >= 11 is 0. The number of nitrogens with zero attached hydrogens (tertiary/aromatic N) is 1. The summed E-state index contributed by atoms with van der Waals surface area (Å²) in [6.45, 7) is 9.20. The topological polar surface area (TPSA) is 46.3 Å². The summed E-state index contributed by atoms with van der Waals surface area (Å²) in [6.07, 6.45) is 6.80. The number of likely N-dealkylation sites (tertiary alicyclic amines) is 1. The van der Waals surface area contributed by atoms with Crippen molar-refractivity contribution < 1.29 is 4.79 Å². The number of carbonyl (C=O) groups is 1. The Balaban J connectivity index is 1.96. The van der Waals surface area contributed by atoms with Crippen molar-refractivity contribution in [3.63, 3.8) is 0 Å². The van der Waals surface area contributed by atoms with Crippen LogP contribution >= 0.6 is 0 Å². The minimum atomic E-state index is -0.210. The quantitative estimate of drug-likeness (QED) is 0.850. The van der Waals surface area contributed by atoms with E-state index in [0.717, 1.165) is 25.9 Å². The van der Waals surface area contributed by atoms with E-state index in [1.807, 2.05) is 0 Å². The molecule has 0 aromatic carbocycles. The van der Waals surface area contributed by atoms with Crippen molar-refractivity contribution in [3.05, 3.63) is 0 Å². The molecule has 2 N–H and O–H groups in total. The molecule has 1 saturated carbocycles. The van der Waals surface area contributed by atoms with Crippen LogP contribution in [0.5, 0.6) is 0 Å². The fraction of sp³-hybridized carbons (Fsp3) is 0.938. The van der Waals surface area contributed by atoms with E-state index in [2.05, 4.69) is 25.7 Å². The predicted octanol–water partition coefficient (Wildman–Crippen LogP) is 2.79. The van der Waals surface area contributed by atoms with Crippen LogP contribution in [0.3, 0.4) is 0 Å². The molecule has 2 fully saturated rings. The molecule has 0 bridgehead atoms. The van der Waals surface area contributed by atoms with Gasteiger partial charge in [0.2, 0.25) is 5.91 Å². The average molecular weight is 266 g/mol. The minimum absolute atomic E-state index is 0.210. The van der Waals surface area contributed by atoms with Gasteiger partial charge in [0, 0.05) is 19.6 Å². The van der Waals surface area contributed by atoms with E-state index >= 15 is 0 Å². The largest absolute Gasteiger partial charge is 0.342 e. The highest BCUT2D eigenvalue weighted by atomic mass is 16.2. The van der Waals surface area contributed by atoms with Crippen molar-refractivity contribution in [2.75, 3.05) is 19.6 Å². The molecular formula is C16H30N2O. The number of nitrogens with two attached hydrogens (primary N) is 1. The highest BCUT2D eigenvalue weighted by Crippen LogP contribution is 2.47. The molecule has 19 heavy (non-hydrogen) atoms. The van der Waals surface area contributed by atoms with E-state index in [1.165, 1.54) is 25.7 Å². The maximum Gasteiger partial charge on any atom is 0.230 e. The third-order valence-electron chi connectivity index (χ3n) is 5.93. The van der Waals surface area contributed by atoms with Crippen LogP contribution in [0.4, 0.5) is 0 Å². The van der Waals surface area contributed by atoms with E-state index in [0.29, 0.717) is 23.8 Å². The SMILES string of the molecule is CCC1(CC)CCN(C(=O)C2(CN)CC(C)C2)CC1. The van der Waals surface area contributed by atoms with E-state index in [1.54, 1.807) is 0 Å². The van der Waals surface area contributed by atoms with E-state index in [-0.39, 0.29) is 5.41 Å². The summed E-state index contributed by atoms with van der Waals surface area (Å²) in [6, 6.07) is 0. The molecule has 0 aromatic rings. The van der Waals surface area contributed by atoms with Gasteiger partial charge in [0.15, 0.2) is 0 Å². The maximum absolute atomic E-state index is 12.7. The third kappa shape index (κ3) is 2.54. The fourth-order valence-electron chi connectivity index (χ4n) is 4.18. The lowest BCUT2D eigenvalue weighted by Crippen LogP contribution is -2.56. The smallest absolute Gasteiger partial charge is 0.230 e. The molecule has 2 rings (SSSR count). The van der Waals surface area contributed by atoms with Crippen LogP contribution in [0.15, 0.2) is 0 Å². The monoisotopic (exact) mass is 266 g/mol. The van der Waals surface area contributed by atoms with Gasteiger partial charge in [-0.2, -0.15) is 0 Å². The Bertz CT molecular complexity index is 320. The molecule has 110 valence electrons. The van der Waals surface area contributed by atoms with Gasteiger partial charge in [-0.3, -0.25) is 4.79 Å². The van der Waals surface area contributed by atoms with Gasteiger partial charge in [-0.15, -0.1) is 0 Å². The Morgan fingerprint density at radius 2 is 1.74 bits per heavy atom. The second-order valence-electron chi connectivity index (χ2n) is 7.00. The highest BCUT2D eigenvalue weighted by molar-refractivity contribution is 5.84. The molecule has 1 aliphatic carbocycles. The lowest BCUT2D eigenvalue weighted by atomic mass is 9.61. The first kappa shape index (κ1) is 14.8. The molecular weight excluding hydrogens is 236 g/mol. The Kier molecular flexibility index (Phi) is 4.24. The van der Waals surface area contributed by atoms with Gasteiger partial charge in [0.1, 0.15) is 0 Å². The van der Waals surface area contributed by atoms with Crippen molar-refractivity contribution in [2.45, 2.75) is 59.3 Å². The average Bonchev–Trinajstić information content (AvgIpc) is 2.43. The normalized spacial score (nSPS) is 33.9. The van der Waals surface area contributed by atoms with Crippen molar-refractivity contribution in [1.29, 1.82) is 0 Å². The summed E-state index contributed by atoms with van der Waals surface area (Å²) in [5, 5.41) is 0. The molecule has 2 aliphatic rings. The molecule has 3 nitrogen and oxygen atoms in total. The van der Waals surface area contributed by atoms with Crippen LogP contribution < -0.4 is 5.73 Å². The van der Waals surface area contributed by atoms with Crippen LogP contribution in [0.2, 0.25) is 0 Å². The second kappa shape index (κ2) is 5.43. The van der Waals surface area contributed by atoms with Gasteiger partial charge in [0.25, 0.3) is 0 Å². The lowest BCUT2D eigenvalue weighted by molar-refractivity contribution is -0.152. The van der Waals surface area contributed by atoms with Crippen LogP contribution in [0.1, 0.15) is 59.3 Å². The van der Waals surface area contributed by atoms with Crippen LogP contribution in [-0.4, -0.2) is 30.4 Å². The number of hydrogen-bond donors (Lipinski definition) is 1. The summed E-state index contributed by atoms with van der Waals surface area (Å²) in [5.74, 6) is 1.01. The molecule has 1 saturated heterocycles. The van der Waals surface area contributed by atoms with E-state index < -0.39 is 0 Å². The van der Waals surface area contributed by atoms with Crippen molar-refractivity contribution in [2.24, 2.45) is 22.5 Å². The first-order valence-corrected chi connectivity index (χ1v) is 8.00. The molecule has 0 radical (unpaired) electrons. The summed E-state index contributed by atoms with van der Waals surface area (Å²) < 4.78 is 0. The van der Waals surface area contributed by atoms with Crippen LogP contribution in [0.25, 0.3) is 0 Å². The van der Waals surface area contributed by atoms with Crippen LogP contribution in [0, 0.1) is 16.7 Å². The molecule has 0 aromatic heterocycles. The molecule has 0 atom stereocenters. The third-order valence-corrected chi connectivity index (χ3v) is 5.93. The Hall–Kier alpha value is -0.570. The summed E-state index contributed by atoms with van der Waals surface area (Å²) in [4.78, 5) is 14.8. The van der Waals surface area contributed by atoms with E-state index in [4.69, 9.17) is 5.73 Å². The summed E-state index contributed by atoms with van der Waals surface area (Å²) in [5.41, 5.74) is 6.17. The van der Waals surface area contributed by atoms with Gasteiger partial charge in [-0.25, -0.2) is 0 Å². The molecule has 1 heterocycles. The van der Waals surface area contributed by atoms with Gasteiger partial charge >= 0.3 is 0 Å². The zero-order valence-electron chi connectivity index (χ0n) is 12.9. The predicted molar refractivity (Wildman–Crippen MR) is 78.7 cm³/mol. The van der Waals surface area contributed by atoms with Crippen LogP contribution in [-0.2, 0) is 4.79 Å². The lowest BCUT2D eigenvalue weighted by Gasteiger charge is -2.49. The van der Waals surface area contributed by atoms with Crippen molar-refractivity contribution >= 4 is 5.91 Å². The number of amides is 1. The number of carbonyl (C=O) groups excluding carboxylic acids is 1. The zero-order valence-corrected chi connectivity index (χ0v) is 12.9. The Morgan fingerprint density at radius 1 is 1.21 bits per heavy atom. The zero-order chi connectivity index (χ0) is 14.1. The van der Waals surface area contributed by atoms with Crippen molar-refractivity contribution in [3.8, 4) is 0 Å². The van der Waals surface area contributed by atoms with E-state index in [9.17, 15) is 4.79 Å². The van der Waals surface area contributed by atoms with Crippen molar-refractivity contribution in [1.82, 2.24) is 4.90 Å². The molecule has 0 unspecified atom stereocenters. The molecule has 0 spiro atoms. The first-order chi connectivity index (χ1) is 9.01. The van der Waals surface area contributed by atoms with Gasteiger partial charge in [-0.05, 0) is 37.0 Å². The maximum atomic E-state index is 12.7. The van der Waals surface area contributed by atoms with Gasteiger partial charge < -0.3 is 10.6 Å². The number of hydrogen-bond acceptors (Lipinski definition) is 2. The Morgan fingerprint density at radius 3 is 2.11 bits per heavy atom. The standard InChI is InChI=1S/C16H30N2O/c1-4-15(5-2)6-8-18(9-7-15)14(19)16(12-17)10-13(3)11-16/h13H,4-12,17H2,1-3H3. The number of rotatable bonds is 4. The van der Waals surface area contributed by atoms with Gasteiger partial charge in [-0.1, -0.05) is 33.6 Å². The Labute approximate surface area is 117 Å². The second-order valence-corrected chi connectivity index (χ2v) is 7.00. The number of piperidine rings is 1. The highest BCUT2D eigenvalue weighted by Gasteiger charge is 2.49. The first-order valence-electron chi connectivity index (χ1n) is 8.00. The molecule has 1 aliphatic heterocycles. The molecule has 3 heteroatoms. The molecule has 1 amide bonds.